The Labute approximate surface area is 190 Å². The molecule has 0 saturated carbocycles. The van der Waals surface area contributed by atoms with Gasteiger partial charge in [0.15, 0.2) is 0 Å². The number of imidazole rings is 1. The molecule has 2 atom stereocenters. The van der Waals surface area contributed by atoms with Crippen LogP contribution in [0.25, 0.3) is 11.0 Å². The predicted molar refractivity (Wildman–Crippen MR) is 126 cm³/mol. The Morgan fingerprint density at radius 3 is 2.34 bits per heavy atom. The van der Waals surface area contributed by atoms with Crippen molar-refractivity contribution < 1.29 is 9.59 Å². The summed E-state index contributed by atoms with van der Waals surface area (Å²) in [6.45, 7) is 8.88. The zero-order valence-electron chi connectivity index (χ0n) is 19.7. The minimum atomic E-state index is -0.135. The first-order valence-corrected chi connectivity index (χ1v) is 11.3. The largest absolute Gasteiger partial charge is 0.336 e. The number of hydrogen-bond donors (Lipinski definition) is 0. The second-order valence-corrected chi connectivity index (χ2v) is 8.32. The number of fused-ring (bicyclic) bond motifs is 1. The lowest BCUT2D eigenvalue weighted by Gasteiger charge is -2.34. The number of aromatic nitrogens is 3. The van der Waals surface area contributed by atoms with Crippen LogP contribution in [-0.2, 0) is 17.9 Å². The van der Waals surface area contributed by atoms with E-state index in [1.807, 2.05) is 33.7 Å². The van der Waals surface area contributed by atoms with Gasteiger partial charge in [-0.1, -0.05) is 26.0 Å². The molecule has 2 heterocycles. The van der Waals surface area contributed by atoms with Gasteiger partial charge in [-0.2, -0.15) is 0 Å². The Kier molecular flexibility index (Phi) is 7.62. The zero-order chi connectivity index (χ0) is 23.3. The number of para-hydroxylation sites is 2. The maximum Gasteiger partial charge on any atom is 0.255 e. The maximum atomic E-state index is 13.4. The number of carbonyl (C=O) groups is 2. The van der Waals surface area contributed by atoms with Crippen LogP contribution in [0, 0.1) is 0 Å². The highest BCUT2D eigenvalue weighted by molar-refractivity contribution is 5.93. The summed E-state index contributed by atoms with van der Waals surface area (Å²) in [6.07, 6.45) is 5.00. The fraction of sp³-hybridized carbons (Fsp3) is 0.440. The van der Waals surface area contributed by atoms with Crippen LogP contribution < -0.4 is 0 Å². The lowest BCUT2D eigenvalue weighted by molar-refractivity contribution is -0.136. The van der Waals surface area contributed by atoms with Crippen molar-refractivity contribution in [1.29, 1.82) is 0 Å². The molecule has 7 nitrogen and oxygen atoms in total. The molecule has 7 heteroatoms. The lowest BCUT2D eigenvalue weighted by atomic mass is 10.1. The first kappa shape index (κ1) is 23.4. The molecular formula is C25H33N5O2. The molecular weight excluding hydrogens is 402 g/mol. The van der Waals surface area contributed by atoms with Crippen LogP contribution in [0.2, 0.25) is 0 Å². The Bertz CT molecular complexity index is 1050. The highest BCUT2D eigenvalue weighted by atomic mass is 16.2. The minimum Gasteiger partial charge on any atom is -0.336 e. The molecule has 2 unspecified atom stereocenters. The molecule has 170 valence electrons. The standard InChI is InChI=1S/C25H33N5O2/c1-6-18(3)30(19(4)7-2)24(31)17-29-22-13-9-8-12-21(22)27-23(29)16-28(5)25(32)20-11-10-14-26-15-20/h8-15,18-19H,6-7,16-17H2,1-5H3. The molecule has 1 aromatic carbocycles. The van der Waals surface area contributed by atoms with E-state index in [2.05, 4.69) is 32.7 Å². The van der Waals surface area contributed by atoms with Gasteiger partial charge < -0.3 is 14.4 Å². The highest BCUT2D eigenvalue weighted by Gasteiger charge is 2.26. The van der Waals surface area contributed by atoms with Gasteiger partial charge in [-0.15, -0.1) is 0 Å². The first-order valence-electron chi connectivity index (χ1n) is 11.3. The minimum absolute atomic E-state index is 0.0688. The smallest absolute Gasteiger partial charge is 0.255 e. The summed E-state index contributed by atoms with van der Waals surface area (Å²) in [5, 5.41) is 0. The van der Waals surface area contributed by atoms with E-state index >= 15 is 0 Å². The van der Waals surface area contributed by atoms with Crippen LogP contribution >= 0.6 is 0 Å². The molecule has 2 amide bonds. The maximum absolute atomic E-state index is 13.4. The number of hydrogen-bond acceptors (Lipinski definition) is 4. The van der Waals surface area contributed by atoms with Crippen molar-refractivity contribution in [2.75, 3.05) is 7.05 Å². The number of pyridine rings is 1. The van der Waals surface area contributed by atoms with Crippen LogP contribution in [0.1, 0.15) is 56.7 Å². The summed E-state index contributed by atoms with van der Waals surface area (Å²) < 4.78 is 1.95. The summed E-state index contributed by atoms with van der Waals surface area (Å²) in [4.78, 5) is 38.7. The fourth-order valence-corrected chi connectivity index (χ4v) is 3.95. The van der Waals surface area contributed by atoms with E-state index in [0.717, 1.165) is 23.9 Å². The quantitative estimate of drug-likeness (QED) is 0.507. The number of rotatable bonds is 9. The van der Waals surface area contributed by atoms with Crippen LogP contribution in [0.3, 0.4) is 0 Å². The van der Waals surface area contributed by atoms with E-state index in [-0.39, 0.29) is 30.4 Å². The Morgan fingerprint density at radius 1 is 1.03 bits per heavy atom. The summed E-state index contributed by atoms with van der Waals surface area (Å²) in [5.74, 6) is 0.621. The van der Waals surface area contributed by atoms with Crippen molar-refractivity contribution in [1.82, 2.24) is 24.3 Å². The third-order valence-electron chi connectivity index (χ3n) is 6.08. The Hall–Kier alpha value is -3.22. The summed E-state index contributed by atoms with van der Waals surface area (Å²) in [6, 6.07) is 11.6. The normalized spacial score (nSPS) is 13.0. The monoisotopic (exact) mass is 435 g/mol. The molecule has 0 radical (unpaired) electrons. The first-order chi connectivity index (χ1) is 15.4. The van der Waals surface area contributed by atoms with Gasteiger partial charge in [0.2, 0.25) is 5.91 Å². The van der Waals surface area contributed by atoms with Crippen molar-refractivity contribution in [2.45, 2.75) is 65.7 Å². The van der Waals surface area contributed by atoms with E-state index in [1.54, 1.807) is 36.5 Å². The molecule has 3 rings (SSSR count). The van der Waals surface area contributed by atoms with Gasteiger partial charge >= 0.3 is 0 Å². The van der Waals surface area contributed by atoms with E-state index in [0.29, 0.717) is 17.9 Å². The van der Waals surface area contributed by atoms with E-state index < -0.39 is 0 Å². The van der Waals surface area contributed by atoms with Gasteiger partial charge in [-0.05, 0) is 51.0 Å². The van der Waals surface area contributed by atoms with Crippen LogP contribution in [0.15, 0.2) is 48.8 Å². The summed E-state index contributed by atoms with van der Waals surface area (Å²) in [7, 11) is 1.74. The molecule has 0 fully saturated rings. The molecule has 2 aromatic heterocycles. The number of carbonyl (C=O) groups excluding carboxylic acids is 2. The molecule has 0 spiro atoms. The third-order valence-corrected chi connectivity index (χ3v) is 6.08. The van der Waals surface area contributed by atoms with Crippen molar-refractivity contribution in [2.24, 2.45) is 0 Å². The number of nitrogens with zero attached hydrogens (tertiary/aromatic N) is 5. The van der Waals surface area contributed by atoms with Gasteiger partial charge in [0.1, 0.15) is 12.4 Å². The average molecular weight is 436 g/mol. The third kappa shape index (κ3) is 4.98. The van der Waals surface area contributed by atoms with Crippen molar-refractivity contribution in [3.05, 3.63) is 60.2 Å². The van der Waals surface area contributed by atoms with Crippen molar-refractivity contribution in [3.63, 3.8) is 0 Å². The van der Waals surface area contributed by atoms with Gasteiger partial charge in [-0.3, -0.25) is 14.6 Å². The topological polar surface area (TPSA) is 71.3 Å². The van der Waals surface area contributed by atoms with Crippen LogP contribution in [-0.4, -0.2) is 55.3 Å². The molecule has 0 saturated heterocycles. The van der Waals surface area contributed by atoms with Gasteiger partial charge in [0.25, 0.3) is 5.91 Å². The molecule has 0 aliphatic carbocycles. The average Bonchev–Trinajstić information content (AvgIpc) is 3.15. The highest BCUT2D eigenvalue weighted by Crippen LogP contribution is 2.20. The fourth-order valence-electron chi connectivity index (χ4n) is 3.95. The zero-order valence-corrected chi connectivity index (χ0v) is 19.7. The number of amides is 2. The van der Waals surface area contributed by atoms with Gasteiger partial charge in [0, 0.05) is 31.5 Å². The Balaban J connectivity index is 1.92. The predicted octanol–water partition coefficient (Wildman–Crippen LogP) is 4.13. The molecule has 3 aromatic rings. The van der Waals surface area contributed by atoms with E-state index in [4.69, 9.17) is 4.98 Å². The molecule has 0 aliphatic heterocycles. The second-order valence-electron chi connectivity index (χ2n) is 8.32. The SMILES string of the molecule is CCC(C)N(C(=O)Cn1c(CN(C)C(=O)c2cccnc2)nc2ccccc21)C(C)CC. The van der Waals surface area contributed by atoms with Gasteiger partial charge in [-0.25, -0.2) is 4.98 Å². The van der Waals surface area contributed by atoms with Crippen molar-refractivity contribution in [3.8, 4) is 0 Å². The van der Waals surface area contributed by atoms with E-state index in [9.17, 15) is 9.59 Å². The molecule has 0 aliphatic rings. The van der Waals surface area contributed by atoms with Crippen LogP contribution in [0.4, 0.5) is 0 Å². The lowest BCUT2D eigenvalue weighted by Crippen LogP contribution is -2.46. The summed E-state index contributed by atoms with van der Waals surface area (Å²) in [5.41, 5.74) is 2.23. The summed E-state index contributed by atoms with van der Waals surface area (Å²) >= 11 is 0. The van der Waals surface area contributed by atoms with E-state index in [1.165, 1.54) is 0 Å². The Morgan fingerprint density at radius 2 is 1.72 bits per heavy atom. The molecule has 0 N–H and O–H groups in total. The number of benzene rings is 1. The van der Waals surface area contributed by atoms with Gasteiger partial charge in [0.05, 0.1) is 23.1 Å². The molecule has 32 heavy (non-hydrogen) atoms. The van der Waals surface area contributed by atoms with Crippen molar-refractivity contribution >= 4 is 22.8 Å². The molecule has 0 bridgehead atoms. The second kappa shape index (κ2) is 10.4. The van der Waals surface area contributed by atoms with Crippen LogP contribution in [0.5, 0.6) is 0 Å².